The number of nitrogens with one attached hydrogen (secondary N) is 1. The van der Waals surface area contributed by atoms with Gasteiger partial charge in [0.1, 0.15) is 35.1 Å². The van der Waals surface area contributed by atoms with Gasteiger partial charge in [0.15, 0.2) is 5.82 Å². The van der Waals surface area contributed by atoms with E-state index in [1.54, 1.807) is 24.0 Å². The third-order valence-electron chi connectivity index (χ3n) is 12.1. The summed E-state index contributed by atoms with van der Waals surface area (Å²) >= 11 is 0. The summed E-state index contributed by atoms with van der Waals surface area (Å²) in [6, 6.07) is 14.5. The molecule has 10 rings (SSSR count). The number of fused-ring (bicyclic) bond motifs is 4. The van der Waals surface area contributed by atoms with Gasteiger partial charge in [-0.3, -0.25) is 0 Å². The number of rotatable bonds is 9. The number of piperidine rings is 2. The van der Waals surface area contributed by atoms with Crippen molar-refractivity contribution in [2.45, 2.75) is 50.9 Å². The van der Waals surface area contributed by atoms with Crippen molar-refractivity contribution in [3.63, 3.8) is 0 Å². The lowest BCUT2D eigenvalue weighted by atomic mass is 9.80. The van der Waals surface area contributed by atoms with Crippen LogP contribution in [0, 0.1) is 11.8 Å². The molecule has 59 heavy (non-hydrogen) atoms. The van der Waals surface area contributed by atoms with Crippen LogP contribution in [0.3, 0.4) is 0 Å². The van der Waals surface area contributed by atoms with Crippen molar-refractivity contribution in [3.8, 4) is 5.75 Å². The highest BCUT2D eigenvalue weighted by Crippen LogP contribution is 2.41. The molecule has 0 saturated carbocycles. The quantitative estimate of drug-likeness (QED) is 0.146. The topological polar surface area (TPSA) is 143 Å². The van der Waals surface area contributed by atoms with Gasteiger partial charge in [-0.25, -0.2) is 46.5 Å². The number of halogens is 4. The minimum absolute atomic E-state index is 0.0690. The Bertz CT molecular complexity index is 2820. The Hall–Kier alpha value is -6.46. The maximum atomic E-state index is 14.5. The summed E-state index contributed by atoms with van der Waals surface area (Å²) < 4.78 is 66.5. The first-order valence-electron chi connectivity index (χ1n) is 19.6. The Morgan fingerprint density at radius 3 is 2.25 bits per heavy atom. The highest BCUT2D eigenvalue weighted by atomic mass is 19.3. The summed E-state index contributed by atoms with van der Waals surface area (Å²) in [7, 11) is 1.62. The van der Waals surface area contributed by atoms with Gasteiger partial charge in [0.25, 0.3) is 24.4 Å². The standard InChI is InChI=1S/C41H39F4N13O/c1-22-9-14-55(39-26-7-11-46-29(26)8-13-48-39)19-27(22)32-17-31(37(44)45)52-41-53-35(54-58(32)41)16-23-10-15-56(38-25-4-3-5-34(59-2)24(25)6-12-47-38)20-28(23)33-18-30(36(42)43)51-40-49-21-50-57(33)40/h3-8,11-13,17-18,21-23,27-28,36-37,46H,9-10,14-16,19-20H2,1-2H3/t22-,23+,27-,28-/m1/s1. The van der Waals surface area contributed by atoms with E-state index in [9.17, 15) is 17.6 Å². The highest BCUT2D eigenvalue weighted by molar-refractivity contribution is 5.96. The predicted octanol–water partition coefficient (Wildman–Crippen LogP) is 7.35. The molecule has 2 fully saturated rings. The van der Waals surface area contributed by atoms with Crippen molar-refractivity contribution in [3.05, 3.63) is 102 Å². The number of nitrogens with zero attached hydrogens (tertiary/aromatic N) is 12. The van der Waals surface area contributed by atoms with Crippen molar-refractivity contribution < 1.29 is 22.3 Å². The predicted molar refractivity (Wildman–Crippen MR) is 211 cm³/mol. The molecule has 1 aromatic carbocycles. The van der Waals surface area contributed by atoms with Gasteiger partial charge in [0, 0.05) is 79.2 Å². The number of anilines is 2. The molecule has 0 radical (unpaired) electrons. The van der Waals surface area contributed by atoms with E-state index < -0.39 is 24.5 Å². The van der Waals surface area contributed by atoms with E-state index in [2.05, 4.69) is 41.8 Å². The molecule has 0 bridgehead atoms. The first kappa shape index (κ1) is 36.9. The number of pyridine rings is 2. The summed E-state index contributed by atoms with van der Waals surface area (Å²) in [6.07, 6.45) is 2.76. The number of aromatic amines is 1. The normalized spacial score (nSPS) is 20.3. The van der Waals surface area contributed by atoms with Gasteiger partial charge in [-0.2, -0.15) is 15.1 Å². The number of benzene rings is 1. The molecule has 9 heterocycles. The number of ether oxygens (including phenoxy) is 1. The molecule has 0 spiro atoms. The van der Waals surface area contributed by atoms with Crippen LogP contribution in [-0.2, 0) is 6.42 Å². The summed E-state index contributed by atoms with van der Waals surface area (Å²) in [5.41, 5.74) is 1.32. The lowest BCUT2D eigenvalue weighted by Gasteiger charge is -2.39. The van der Waals surface area contributed by atoms with Crippen LogP contribution in [0.4, 0.5) is 29.2 Å². The molecule has 2 aliphatic heterocycles. The molecule has 0 aliphatic carbocycles. The molecule has 1 N–H and O–H groups in total. The smallest absolute Gasteiger partial charge is 0.280 e. The minimum atomic E-state index is -2.83. The monoisotopic (exact) mass is 805 g/mol. The Morgan fingerprint density at radius 2 is 1.47 bits per heavy atom. The average molecular weight is 806 g/mol. The van der Waals surface area contributed by atoms with Crippen LogP contribution in [0.1, 0.15) is 73.1 Å². The average Bonchev–Trinajstić information content (AvgIpc) is 4.03. The van der Waals surface area contributed by atoms with Crippen molar-refractivity contribution in [1.29, 1.82) is 0 Å². The fourth-order valence-electron chi connectivity index (χ4n) is 9.11. The molecule has 2 aliphatic rings. The molecule has 7 aromatic heterocycles. The van der Waals surface area contributed by atoms with E-state index in [1.807, 2.05) is 42.6 Å². The van der Waals surface area contributed by atoms with E-state index >= 15 is 0 Å². The molecule has 2 saturated heterocycles. The highest BCUT2D eigenvalue weighted by Gasteiger charge is 2.37. The molecule has 0 unspecified atom stereocenters. The Kier molecular flexibility index (Phi) is 9.20. The van der Waals surface area contributed by atoms with Crippen LogP contribution in [0.15, 0.2) is 73.4 Å². The third-order valence-corrected chi connectivity index (χ3v) is 12.1. The molecular weight excluding hydrogens is 767 g/mol. The minimum Gasteiger partial charge on any atom is -0.496 e. The second-order valence-corrected chi connectivity index (χ2v) is 15.4. The first-order valence-corrected chi connectivity index (χ1v) is 19.6. The van der Waals surface area contributed by atoms with Crippen LogP contribution in [-0.4, -0.2) is 87.4 Å². The zero-order valence-corrected chi connectivity index (χ0v) is 32.1. The van der Waals surface area contributed by atoms with Crippen molar-refractivity contribution in [2.75, 3.05) is 43.1 Å². The lowest BCUT2D eigenvalue weighted by Crippen LogP contribution is -2.41. The maximum Gasteiger partial charge on any atom is 0.280 e. The Morgan fingerprint density at radius 1 is 0.763 bits per heavy atom. The van der Waals surface area contributed by atoms with E-state index in [0.29, 0.717) is 55.4 Å². The molecule has 4 atom stereocenters. The Labute approximate surface area is 334 Å². The number of hydrogen-bond donors (Lipinski definition) is 1. The SMILES string of the molecule is COc1cccc2c(N3CC[C@@H](Cc4nc5nc(C(F)F)cc([C@@H]6CN(c7nccc8[nH]ccc78)CC[C@H]6C)n5n4)[C@H](c4cc(C(F)F)nc5ncnn45)C3)nccc12. The molecule has 18 heteroatoms. The maximum absolute atomic E-state index is 14.5. The van der Waals surface area contributed by atoms with Gasteiger partial charge in [0.05, 0.1) is 24.0 Å². The Balaban J connectivity index is 1.03. The first-order chi connectivity index (χ1) is 28.7. The van der Waals surface area contributed by atoms with Gasteiger partial charge < -0.3 is 19.5 Å². The molecule has 0 amide bonds. The van der Waals surface area contributed by atoms with Gasteiger partial charge in [-0.05, 0) is 61.1 Å². The second-order valence-electron chi connectivity index (χ2n) is 15.4. The van der Waals surface area contributed by atoms with Gasteiger partial charge >= 0.3 is 0 Å². The fourth-order valence-corrected chi connectivity index (χ4v) is 9.11. The van der Waals surface area contributed by atoms with Crippen LogP contribution in [0.5, 0.6) is 5.75 Å². The zero-order valence-electron chi connectivity index (χ0n) is 32.1. The lowest BCUT2D eigenvalue weighted by molar-refractivity contribution is 0.145. The van der Waals surface area contributed by atoms with E-state index in [4.69, 9.17) is 24.8 Å². The number of aromatic nitrogens is 11. The zero-order chi connectivity index (χ0) is 40.4. The number of methoxy groups -OCH3 is 1. The summed E-state index contributed by atoms with van der Waals surface area (Å²) in [4.78, 5) is 34.4. The van der Waals surface area contributed by atoms with Gasteiger partial charge in [-0.15, -0.1) is 5.10 Å². The van der Waals surface area contributed by atoms with Gasteiger partial charge in [0.2, 0.25) is 0 Å². The molecular formula is C41H39F4N13O. The summed E-state index contributed by atoms with van der Waals surface area (Å²) in [5.74, 6) is 2.21. The summed E-state index contributed by atoms with van der Waals surface area (Å²) in [6.45, 7) is 4.40. The third kappa shape index (κ3) is 6.50. The number of alkyl halides is 4. The van der Waals surface area contributed by atoms with E-state index in [-0.39, 0.29) is 35.0 Å². The fraction of sp³-hybridized carbons (Fsp3) is 0.366. The van der Waals surface area contributed by atoms with Gasteiger partial charge in [-0.1, -0.05) is 19.1 Å². The van der Waals surface area contributed by atoms with Crippen molar-refractivity contribution >= 4 is 44.9 Å². The van der Waals surface area contributed by atoms with E-state index in [1.165, 1.54) is 23.0 Å². The molecule has 302 valence electrons. The van der Waals surface area contributed by atoms with E-state index in [0.717, 1.165) is 46.3 Å². The largest absolute Gasteiger partial charge is 0.496 e. The molecule has 8 aromatic rings. The van der Waals surface area contributed by atoms with Crippen LogP contribution in [0.25, 0.3) is 33.2 Å². The van der Waals surface area contributed by atoms with Crippen molar-refractivity contribution in [2.24, 2.45) is 11.8 Å². The second kappa shape index (κ2) is 14.7. The van der Waals surface area contributed by atoms with Crippen LogP contribution >= 0.6 is 0 Å². The number of H-pyrrole nitrogens is 1. The van der Waals surface area contributed by atoms with Crippen molar-refractivity contribution in [1.82, 2.24) is 54.1 Å². The summed E-state index contributed by atoms with van der Waals surface area (Å²) in [5, 5.41) is 12.2. The molecule has 14 nitrogen and oxygen atoms in total. The number of hydrogen-bond acceptors (Lipinski definition) is 11. The van der Waals surface area contributed by atoms with Crippen LogP contribution in [0.2, 0.25) is 0 Å². The van der Waals surface area contributed by atoms with Crippen LogP contribution < -0.4 is 14.5 Å².